The average molecular weight is 363 g/mol. The first-order valence-electron chi connectivity index (χ1n) is 8.73. The molecule has 1 aromatic heterocycles. The number of carbonyl (C=O) groups excluding carboxylic acids is 1. The van der Waals surface area contributed by atoms with E-state index in [1.54, 1.807) is 6.07 Å². The van der Waals surface area contributed by atoms with E-state index in [2.05, 4.69) is 35.6 Å². The molecule has 1 saturated heterocycles. The van der Waals surface area contributed by atoms with Gasteiger partial charge in [0, 0.05) is 18.4 Å². The van der Waals surface area contributed by atoms with Gasteiger partial charge in [0.05, 0.1) is 6.04 Å². The molecule has 0 saturated carbocycles. The smallest absolute Gasteiger partial charge is 0.276 e. The number of benzene rings is 1. The van der Waals surface area contributed by atoms with Crippen molar-refractivity contribution in [3.8, 4) is 0 Å². The summed E-state index contributed by atoms with van der Waals surface area (Å²) in [6.07, 6.45) is 4.16. The largest absolute Gasteiger partial charge is 0.320 e. The highest BCUT2D eigenvalue weighted by Crippen LogP contribution is 2.27. The Morgan fingerprint density at radius 3 is 2.84 bits per heavy atom. The number of aromatic nitrogens is 2. The predicted octanol–water partition coefficient (Wildman–Crippen LogP) is 3.91. The molecule has 1 unspecified atom stereocenters. The highest BCUT2D eigenvalue weighted by atomic mass is 35.5. The third kappa shape index (κ3) is 4.41. The minimum Gasteiger partial charge on any atom is -0.320 e. The molecule has 0 spiro atoms. The molecule has 1 aliphatic heterocycles. The molecule has 2 aromatic rings. The van der Waals surface area contributed by atoms with Crippen LogP contribution in [0.15, 0.2) is 30.5 Å². The van der Waals surface area contributed by atoms with Gasteiger partial charge in [-0.3, -0.25) is 9.48 Å². The summed E-state index contributed by atoms with van der Waals surface area (Å²) in [5.74, 6) is 0.208. The van der Waals surface area contributed by atoms with Crippen molar-refractivity contribution in [2.24, 2.45) is 0 Å². The number of piperidine rings is 1. The van der Waals surface area contributed by atoms with Gasteiger partial charge in [-0.05, 0) is 49.4 Å². The van der Waals surface area contributed by atoms with Gasteiger partial charge in [-0.15, -0.1) is 12.4 Å². The number of amides is 1. The summed E-state index contributed by atoms with van der Waals surface area (Å²) in [4.78, 5) is 12.6. The lowest BCUT2D eigenvalue weighted by Gasteiger charge is -2.22. The molecule has 1 fully saturated rings. The van der Waals surface area contributed by atoms with Crippen molar-refractivity contribution in [3.05, 3.63) is 47.3 Å². The molecule has 5 nitrogen and oxygen atoms in total. The summed E-state index contributed by atoms with van der Waals surface area (Å²) in [5, 5.41) is 10.9. The molecule has 0 bridgehead atoms. The average Bonchev–Trinajstić information content (AvgIpc) is 3.07. The molecule has 136 valence electrons. The van der Waals surface area contributed by atoms with Crippen LogP contribution < -0.4 is 10.6 Å². The predicted molar refractivity (Wildman–Crippen MR) is 104 cm³/mol. The van der Waals surface area contributed by atoms with Crippen molar-refractivity contribution in [2.45, 2.75) is 45.6 Å². The van der Waals surface area contributed by atoms with Gasteiger partial charge in [0.25, 0.3) is 5.91 Å². The van der Waals surface area contributed by atoms with E-state index >= 15 is 0 Å². The molecule has 1 aliphatic rings. The van der Waals surface area contributed by atoms with Gasteiger partial charge in [0.2, 0.25) is 0 Å². The Kier molecular flexibility index (Phi) is 6.62. The fourth-order valence-corrected chi connectivity index (χ4v) is 3.24. The van der Waals surface area contributed by atoms with Crippen molar-refractivity contribution < 1.29 is 4.79 Å². The maximum absolute atomic E-state index is 12.6. The van der Waals surface area contributed by atoms with E-state index in [-0.39, 0.29) is 18.3 Å². The summed E-state index contributed by atoms with van der Waals surface area (Å²) < 4.78 is 1.92. The number of aryl methyl sites for hydroxylation is 1. The van der Waals surface area contributed by atoms with E-state index in [4.69, 9.17) is 0 Å². The first kappa shape index (κ1) is 19.5. The molecule has 0 radical (unpaired) electrons. The quantitative estimate of drug-likeness (QED) is 0.866. The molecule has 6 heteroatoms. The number of carbonyl (C=O) groups is 1. The second-order valence-corrected chi connectivity index (χ2v) is 6.83. The first-order valence-corrected chi connectivity index (χ1v) is 8.73. The van der Waals surface area contributed by atoms with Crippen LogP contribution in [-0.4, -0.2) is 28.8 Å². The summed E-state index contributed by atoms with van der Waals surface area (Å²) in [5.41, 5.74) is 3.61. The molecule has 2 heterocycles. The zero-order chi connectivity index (χ0) is 17.1. The van der Waals surface area contributed by atoms with E-state index in [1.165, 1.54) is 0 Å². The van der Waals surface area contributed by atoms with Crippen LogP contribution >= 0.6 is 12.4 Å². The van der Waals surface area contributed by atoms with Crippen LogP contribution in [0.3, 0.4) is 0 Å². The van der Waals surface area contributed by atoms with Gasteiger partial charge in [-0.25, -0.2) is 0 Å². The Hall–Kier alpha value is -1.85. The van der Waals surface area contributed by atoms with Gasteiger partial charge >= 0.3 is 0 Å². The molecule has 1 amide bonds. The summed E-state index contributed by atoms with van der Waals surface area (Å²) in [6, 6.07) is 8.26. The molecule has 1 aromatic carbocycles. The summed E-state index contributed by atoms with van der Waals surface area (Å²) in [7, 11) is 0. The highest BCUT2D eigenvalue weighted by molar-refractivity contribution is 6.03. The van der Waals surface area contributed by atoms with Crippen LogP contribution in [-0.2, 0) is 0 Å². The van der Waals surface area contributed by atoms with E-state index in [0.717, 1.165) is 42.7 Å². The van der Waals surface area contributed by atoms with Crippen LogP contribution in [0, 0.1) is 6.92 Å². The van der Waals surface area contributed by atoms with E-state index in [0.29, 0.717) is 17.7 Å². The highest BCUT2D eigenvalue weighted by Gasteiger charge is 2.19. The van der Waals surface area contributed by atoms with Crippen LogP contribution in [0.4, 0.5) is 5.69 Å². The van der Waals surface area contributed by atoms with Crippen LogP contribution in [0.2, 0.25) is 0 Å². The third-order valence-electron chi connectivity index (χ3n) is 4.65. The van der Waals surface area contributed by atoms with E-state index in [9.17, 15) is 4.79 Å². The third-order valence-corrected chi connectivity index (χ3v) is 4.65. The number of halogens is 1. The molecule has 0 aliphatic carbocycles. The lowest BCUT2D eigenvalue weighted by molar-refractivity contribution is 0.102. The SMILES string of the molecule is Cc1cccc(C(C)C)c1NC(=O)c1ccn(C2CCCNC2)n1.Cl. The monoisotopic (exact) mass is 362 g/mol. The van der Waals surface area contributed by atoms with Crippen molar-refractivity contribution in [1.29, 1.82) is 0 Å². The molecule has 1 atom stereocenters. The minimum atomic E-state index is -0.145. The van der Waals surface area contributed by atoms with Gasteiger partial charge in [0.15, 0.2) is 5.69 Å². The van der Waals surface area contributed by atoms with Gasteiger partial charge < -0.3 is 10.6 Å². The molecule has 2 N–H and O–H groups in total. The first-order chi connectivity index (χ1) is 11.6. The molecular weight excluding hydrogens is 336 g/mol. The Morgan fingerprint density at radius 1 is 1.36 bits per heavy atom. The number of anilines is 1. The normalized spacial score (nSPS) is 17.2. The van der Waals surface area contributed by atoms with Gasteiger partial charge in [-0.2, -0.15) is 5.10 Å². The van der Waals surface area contributed by atoms with Crippen molar-refractivity contribution in [1.82, 2.24) is 15.1 Å². The standard InChI is InChI=1S/C19H26N4O.ClH/c1-13(2)16-8-4-6-14(3)18(16)21-19(24)17-9-11-23(22-17)15-7-5-10-20-12-15;/h4,6,8-9,11,13,15,20H,5,7,10,12H2,1-3H3,(H,21,24);1H. The van der Waals surface area contributed by atoms with Gasteiger partial charge in [-0.1, -0.05) is 32.0 Å². The van der Waals surface area contributed by atoms with E-state index < -0.39 is 0 Å². The summed E-state index contributed by atoms with van der Waals surface area (Å²) >= 11 is 0. The molecule has 25 heavy (non-hydrogen) atoms. The number of para-hydroxylation sites is 1. The van der Waals surface area contributed by atoms with E-state index in [1.807, 2.05) is 29.9 Å². The number of nitrogens with one attached hydrogen (secondary N) is 2. The van der Waals surface area contributed by atoms with Crippen molar-refractivity contribution >= 4 is 24.0 Å². The van der Waals surface area contributed by atoms with Crippen LogP contribution in [0.25, 0.3) is 0 Å². The fraction of sp³-hybridized carbons (Fsp3) is 0.474. The minimum absolute atomic E-state index is 0. The lowest BCUT2D eigenvalue weighted by atomic mass is 9.98. The second-order valence-electron chi connectivity index (χ2n) is 6.83. The Labute approximate surface area is 155 Å². The number of rotatable bonds is 4. The number of hydrogen-bond donors (Lipinski definition) is 2. The maximum atomic E-state index is 12.6. The van der Waals surface area contributed by atoms with Crippen LogP contribution in [0.1, 0.15) is 60.3 Å². The number of nitrogens with zero attached hydrogens (tertiary/aromatic N) is 2. The maximum Gasteiger partial charge on any atom is 0.276 e. The summed E-state index contributed by atoms with van der Waals surface area (Å²) in [6.45, 7) is 8.27. The second kappa shape index (κ2) is 8.50. The number of hydrogen-bond acceptors (Lipinski definition) is 3. The molecule has 3 rings (SSSR count). The lowest BCUT2D eigenvalue weighted by Crippen LogP contribution is -2.32. The molecular formula is C19H27ClN4O. The van der Waals surface area contributed by atoms with Crippen molar-refractivity contribution in [3.63, 3.8) is 0 Å². The Morgan fingerprint density at radius 2 is 2.16 bits per heavy atom. The zero-order valence-electron chi connectivity index (χ0n) is 15.1. The fourth-order valence-electron chi connectivity index (χ4n) is 3.24. The van der Waals surface area contributed by atoms with Gasteiger partial charge in [0.1, 0.15) is 0 Å². The zero-order valence-corrected chi connectivity index (χ0v) is 15.9. The topological polar surface area (TPSA) is 59.0 Å². The Balaban J connectivity index is 0.00000225. The Bertz CT molecular complexity index is 720. The van der Waals surface area contributed by atoms with Crippen LogP contribution in [0.5, 0.6) is 0 Å². The van der Waals surface area contributed by atoms with Crippen molar-refractivity contribution in [2.75, 3.05) is 18.4 Å².